The molecule has 1 saturated heterocycles. The number of unbranched alkanes of at least 4 members (excludes halogenated alkanes) is 1. The van der Waals surface area contributed by atoms with Crippen molar-refractivity contribution < 1.29 is 4.74 Å². The second-order valence-electron chi connectivity index (χ2n) is 6.36. The Labute approximate surface area is 180 Å². The first-order chi connectivity index (χ1) is 12.3. The third-order valence-corrected chi connectivity index (χ3v) is 5.56. The van der Waals surface area contributed by atoms with Crippen molar-refractivity contribution in [3.05, 3.63) is 30.3 Å². The summed E-state index contributed by atoms with van der Waals surface area (Å²) in [6, 6.07) is 10.7. The summed E-state index contributed by atoms with van der Waals surface area (Å²) in [5.74, 6) is 3.02. The smallest absolute Gasteiger partial charge is 0.193 e. The molecular weight excluding hydrogens is 457 g/mol. The molecule has 0 amide bonds. The van der Waals surface area contributed by atoms with E-state index < -0.39 is 0 Å². The largest absolute Gasteiger partial charge is 0.382 e. The molecule has 1 aromatic carbocycles. The van der Waals surface area contributed by atoms with Gasteiger partial charge in [-0.2, -0.15) is 0 Å². The minimum atomic E-state index is 0. The number of likely N-dealkylation sites (tertiary alicyclic amines) is 1. The van der Waals surface area contributed by atoms with Crippen molar-refractivity contribution in [1.82, 2.24) is 10.2 Å². The summed E-state index contributed by atoms with van der Waals surface area (Å²) in [4.78, 5) is 8.62. The monoisotopic (exact) mass is 491 g/mol. The summed E-state index contributed by atoms with van der Waals surface area (Å²) < 4.78 is 5.39. The van der Waals surface area contributed by atoms with Crippen molar-refractivity contribution in [1.29, 1.82) is 0 Å². The molecule has 1 atom stereocenters. The Balaban J connectivity index is 0.00000338. The highest BCUT2D eigenvalue weighted by atomic mass is 127. The molecule has 26 heavy (non-hydrogen) atoms. The van der Waals surface area contributed by atoms with Gasteiger partial charge in [-0.25, -0.2) is 0 Å². The maximum Gasteiger partial charge on any atom is 0.193 e. The molecule has 0 saturated carbocycles. The second kappa shape index (κ2) is 14.6. The Kier molecular flexibility index (Phi) is 13.2. The number of rotatable bonds is 10. The number of ether oxygens (including phenoxy) is 1. The molecule has 1 aliphatic rings. The molecule has 1 fully saturated rings. The molecular formula is C20H34IN3OS. The van der Waals surface area contributed by atoms with Crippen LogP contribution in [-0.2, 0) is 4.74 Å². The zero-order valence-corrected chi connectivity index (χ0v) is 19.3. The summed E-state index contributed by atoms with van der Waals surface area (Å²) in [6.07, 6.45) is 3.44. The molecule has 1 unspecified atom stereocenters. The summed E-state index contributed by atoms with van der Waals surface area (Å²) >= 11 is 1.97. The fraction of sp³-hybridized carbons (Fsp3) is 0.650. The van der Waals surface area contributed by atoms with Crippen LogP contribution in [0, 0.1) is 5.92 Å². The highest BCUT2D eigenvalue weighted by molar-refractivity contribution is 14.0. The molecule has 6 heteroatoms. The molecule has 1 aromatic rings. The van der Waals surface area contributed by atoms with E-state index in [9.17, 15) is 0 Å². The van der Waals surface area contributed by atoms with E-state index in [1.165, 1.54) is 17.1 Å². The van der Waals surface area contributed by atoms with Crippen molar-refractivity contribution in [2.75, 3.05) is 45.1 Å². The fourth-order valence-electron chi connectivity index (χ4n) is 2.96. The van der Waals surface area contributed by atoms with Crippen molar-refractivity contribution >= 4 is 41.7 Å². The molecule has 148 valence electrons. The van der Waals surface area contributed by atoms with E-state index in [-0.39, 0.29) is 24.0 Å². The van der Waals surface area contributed by atoms with Gasteiger partial charge in [-0.15, -0.1) is 35.7 Å². The molecule has 0 spiro atoms. The number of nitrogens with zero attached hydrogens (tertiary/aromatic N) is 2. The van der Waals surface area contributed by atoms with Crippen LogP contribution in [0.3, 0.4) is 0 Å². The predicted octanol–water partition coefficient (Wildman–Crippen LogP) is 4.50. The number of thioether (sulfide) groups is 1. The number of halogens is 1. The van der Waals surface area contributed by atoms with Crippen LogP contribution in [0.1, 0.15) is 33.1 Å². The molecule has 0 aromatic heterocycles. The zero-order valence-electron chi connectivity index (χ0n) is 16.2. The molecule has 0 aliphatic carbocycles. The second-order valence-corrected chi connectivity index (χ2v) is 7.46. The lowest BCUT2D eigenvalue weighted by Gasteiger charge is -2.21. The normalized spacial score (nSPS) is 17.2. The van der Waals surface area contributed by atoms with Gasteiger partial charge in [0.2, 0.25) is 0 Å². The first kappa shape index (κ1) is 23.6. The number of benzene rings is 1. The molecule has 1 N–H and O–H groups in total. The van der Waals surface area contributed by atoms with Crippen LogP contribution in [0.15, 0.2) is 40.2 Å². The summed E-state index contributed by atoms with van der Waals surface area (Å²) in [6.45, 7) is 9.89. The number of hydrogen-bond acceptors (Lipinski definition) is 3. The van der Waals surface area contributed by atoms with E-state index in [4.69, 9.17) is 9.73 Å². The molecule has 1 heterocycles. The molecule has 0 radical (unpaired) electrons. The fourth-order valence-corrected chi connectivity index (χ4v) is 4.01. The average molecular weight is 491 g/mol. The van der Waals surface area contributed by atoms with Crippen LogP contribution >= 0.6 is 35.7 Å². The van der Waals surface area contributed by atoms with Gasteiger partial charge in [-0.05, 0) is 51.2 Å². The van der Waals surface area contributed by atoms with Gasteiger partial charge < -0.3 is 15.0 Å². The quantitative estimate of drug-likeness (QED) is 0.172. The summed E-state index contributed by atoms with van der Waals surface area (Å²) in [7, 11) is 0. The number of aliphatic imine (C=N–C) groups is 1. The molecule has 0 bridgehead atoms. The van der Waals surface area contributed by atoms with E-state index in [1.54, 1.807) is 0 Å². The first-order valence-corrected chi connectivity index (χ1v) is 10.6. The Bertz CT molecular complexity index is 501. The van der Waals surface area contributed by atoms with Crippen LogP contribution in [-0.4, -0.2) is 56.0 Å². The maximum absolute atomic E-state index is 5.39. The number of hydrogen-bond donors (Lipinski definition) is 1. The van der Waals surface area contributed by atoms with Crippen LogP contribution in [0.4, 0.5) is 0 Å². The van der Waals surface area contributed by atoms with Gasteiger partial charge in [-0.1, -0.05) is 18.2 Å². The van der Waals surface area contributed by atoms with Gasteiger partial charge in [0.1, 0.15) is 0 Å². The third-order valence-electron chi connectivity index (χ3n) is 4.31. The minimum Gasteiger partial charge on any atom is -0.382 e. The Morgan fingerprint density at radius 2 is 2.08 bits per heavy atom. The van der Waals surface area contributed by atoms with E-state index in [0.29, 0.717) is 0 Å². The van der Waals surface area contributed by atoms with Gasteiger partial charge in [0.05, 0.1) is 0 Å². The van der Waals surface area contributed by atoms with E-state index in [2.05, 4.69) is 47.5 Å². The van der Waals surface area contributed by atoms with Crippen molar-refractivity contribution in [3.63, 3.8) is 0 Å². The average Bonchev–Trinajstić information content (AvgIpc) is 3.12. The standard InChI is InChI=1S/C20H33N3OS.HI/c1-3-21-20(22-13-8-9-15-24-4-2)23-14-12-18(16-23)17-25-19-10-6-5-7-11-19;/h5-7,10-11,18H,3-4,8-9,12-17H2,1-2H3,(H,21,22);1H. The van der Waals surface area contributed by atoms with E-state index in [0.717, 1.165) is 64.1 Å². The van der Waals surface area contributed by atoms with Crippen LogP contribution in [0.25, 0.3) is 0 Å². The van der Waals surface area contributed by atoms with Crippen molar-refractivity contribution in [2.24, 2.45) is 10.9 Å². The topological polar surface area (TPSA) is 36.9 Å². The molecule has 4 nitrogen and oxygen atoms in total. The van der Waals surface area contributed by atoms with Crippen LogP contribution < -0.4 is 5.32 Å². The number of guanidine groups is 1. The van der Waals surface area contributed by atoms with Crippen molar-refractivity contribution in [2.45, 2.75) is 38.0 Å². The summed E-state index contributed by atoms with van der Waals surface area (Å²) in [5, 5.41) is 3.46. The molecule has 1 aliphatic heterocycles. The molecule has 2 rings (SSSR count). The lowest BCUT2D eigenvalue weighted by molar-refractivity contribution is 0.144. The maximum atomic E-state index is 5.39. The minimum absolute atomic E-state index is 0. The Hall–Kier alpha value is -0.470. The lowest BCUT2D eigenvalue weighted by Crippen LogP contribution is -2.40. The first-order valence-electron chi connectivity index (χ1n) is 9.62. The Morgan fingerprint density at radius 3 is 2.81 bits per heavy atom. The Morgan fingerprint density at radius 1 is 1.27 bits per heavy atom. The number of nitrogens with one attached hydrogen (secondary N) is 1. The predicted molar refractivity (Wildman–Crippen MR) is 124 cm³/mol. The van der Waals surface area contributed by atoms with Crippen LogP contribution in [0.5, 0.6) is 0 Å². The zero-order chi connectivity index (χ0) is 17.7. The van der Waals surface area contributed by atoms with Crippen LogP contribution in [0.2, 0.25) is 0 Å². The van der Waals surface area contributed by atoms with Gasteiger partial charge in [0, 0.05) is 50.0 Å². The van der Waals surface area contributed by atoms with Gasteiger partial charge in [0.25, 0.3) is 0 Å². The van der Waals surface area contributed by atoms with Gasteiger partial charge in [0.15, 0.2) is 5.96 Å². The van der Waals surface area contributed by atoms with E-state index >= 15 is 0 Å². The SMILES string of the molecule is CCNC(=NCCCCOCC)N1CCC(CSc2ccccc2)C1.I. The van der Waals surface area contributed by atoms with Gasteiger partial charge >= 0.3 is 0 Å². The lowest BCUT2D eigenvalue weighted by atomic mass is 10.2. The highest BCUT2D eigenvalue weighted by Gasteiger charge is 2.24. The summed E-state index contributed by atoms with van der Waals surface area (Å²) in [5.41, 5.74) is 0. The third kappa shape index (κ3) is 8.95. The van der Waals surface area contributed by atoms with E-state index in [1.807, 2.05) is 18.7 Å². The van der Waals surface area contributed by atoms with Crippen molar-refractivity contribution in [3.8, 4) is 0 Å². The van der Waals surface area contributed by atoms with Gasteiger partial charge in [-0.3, -0.25) is 4.99 Å². The highest BCUT2D eigenvalue weighted by Crippen LogP contribution is 2.25.